The van der Waals surface area contributed by atoms with Gasteiger partial charge in [0.05, 0.1) is 2.74 Å². The van der Waals surface area contributed by atoms with Crippen molar-refractivity contribution < 1.29 is 17.0 Å². The van der Waals surface area contributed by atoms with Crippen molar-refractivity contribution in [3.05, 3.63) is 12.1 Å². The number of allylic oxidation sites excluding steroid dienone is 1. The molecule has 0 heterocycles. The van der Waals surface area contributed by atoms with Crippen LogP contribution in [0.4, 0.5) is 0 Å². The molecule has 0 bridgehead atoms. The van der Waals surface area contributed by atoms with Gasteiger partial charge in [0.1, 0.15) is 0 Å². The van der Waals surface area contributed by atoms with Crippen molar-refractivity contribution in [1.29, 1.82) is 0 Å². The number of ether oxygens (including phenoxy) is 2. The molecule has 0 spiro atoms. The maximum Gasteiger partial charge on any atom is 0.177 e. The second kappa shape index (κ2) is 10.8. The second-order valence-corrected chi connectivity index (χ2v) is 3.39. The zero-order valence-electron chi connectivity index (χ0n) is 12.5. The Bertz CT molecular complexity index is 271. The van der Waals surface area contributed by atoms with E-state index in [-0.39, 0.29) is 17.9 Å². The minimum absolute atomic E-state index is 0.180. The van der Waals surface area contributed by atoms with Gasteiger partial charge in [-0.25, -0.2) is 0 Å². The Hall–Kier alpha value is -0.670. The third-order valence-electron chi connectivity index (χ3n) is 1.97. The van der Waals surface area contributed by atoms with Crippen molar-refractivity contribution >= 4 is 5.78 Å². The van der Waals surface area contributed by atoms with Crippen molar-refractivity contribution in [2.24, 2.45) is 0 Å². The molecule has 0 fully saturated rings. The van der Waals surface area contributed by atoms with E-state index in [1.165, 1.54) is 0 Å². The van der Waals surface area contributed by atoms with Crippen molar-refractivity contribution in [2.75, 3.05) is 13.2 Å². The molecule has 0 saturated heterocycles. The summed E-state index contributed by atoms with van der Waals surface area (Å²) in [7, 11) is 0. The SMILES string of the molecule is [2H]/C(C(=O)CCCCC)=C(/[2H])C(OCC)OCC. The van der Waals surface area contributed by atoms with E-state index in [1.807, 2.05) is 0 Å². The predicted octanol–water partition coefficient (Wildman–Crippen LogP) is 3.09. The summed E-state index contributed by atoms with van der Waals surface area (Å²) in [6, 6.07) is -0.474. The Morgan fingerprint density at radius 2 is 1.88 bits per heavy atom. The number of hydrogen-bond donors (Lipinski definition) is 0. The number of carbonyl (C=O) groups excluding carboxylic acids is 1. The monoisotopic (exact) mass is 230 g/mol. The van der Waals surface area contributed by atoms with Crippen molar-refractivity contribution in [1.82, 2.24) is 0 Å². The van der Waals surface area contributed by atoms with Crippen LogP contribution >= 0.6 is 0 Å². The van der Waals surface area contributed by atoms with Crippen LogP contribution in [0.2, 0.25) is 0 Å². The highest BCUT2D eigenvalue weighted by atomic mass is 16.7. The van der Waals surface area contributed by atoms with Gasteiger partial charge in [-0.05, 0) is 32.4 Å². The van der Waals surface area contributed by atoms with E-state index < -0.39 is 6.29 Å². The summed E-state index contributed by atoms with van der Waals surface area (Å²) < 4.78 is 25.9. The third kappa shape index (κ3) is 8.62. The molecule has 0 unspecified atom stereocenters. The summed E-state index contributed by atoms with van der Waals surface area (Å²) in [4.78, 5) is 11.7. The van der Waals surface area contributed by atoms with Crippen LogP contribution in [0.15, 0.2) is 12.1 Å². The third-order valence-corrected chi connectivity index (χ3v) is 1.97. The first-order valence-corrected chi connectivity index (χ1v) is 6.02. The van der Waals surface area contributed by atoms with E-state index in [4.69, 9.17) is 12.2 Å². The zero-order valence-corrected chi connectivity index (χ0v) is 10.5. The molecule has 3 heteroatoms. The Balaban J connectivity index is 4.57. The molecule has 0 rings (SSSR count). The molecule has 0 radical (unpaired) electrons. The lowest BCUT2D eigenvalue weighted by atomic mass is 10.1. The molecule has 0 aromatic heterocycles. The molecule has 16 heavy (non-hydrogen) atoms. The first kappa shape index (κ1) is 11.8. The average Bonchev–Trinajstić information content (AvgIpc) is 2.37. The smallest absolute Gasteiger partial charge is 0.177 e. The summed E-state index contributed by atoms with van der Waals surface area (Å²) in [6.07, 6.45) is 2.17. The minimum Gasteiger partial charge on any atom is -0.349 e. The summed E-state index contributed by atoms with van der Waals surface area (Å²) in [6.45, 7) is 6.38. The van der Waals surface area contributed by atoms with E-state index in [0.717, 1.165) is 19.3 Å². The number of ketones is 1. The Morgan fingerprint density at radius 3 is 2.38 bits per heavy atom. The lowest BCUT2D eigenvalue weighted by Crippen LogP contribution is -2.14. The highest BCUT2D eigenvalue weighted by Crippen LogP contribution is 2.02. The molecule has 0 amide bonds. The van der Waals surface area contributed by atoms with Gasteiger partial charge in [-0.2, -0.15) is 0 Å². The molecular weight excluding hydrogens is 204 g/mol. The van der Waals surface area contributed by atoms with E-state index >= 15 is 0 Å². The van der Waals surface area contributed by atoms with Gasteiger partial charge in [0.2, 0.25) is 0 Å². The van der Waals surface area contributed by atoms with Gasteiger partial charge < -0.3 is 9.47 Å². The summed E-state index contributed by atoms with van der Waals surface area (Å²) >= 11 is 0. The second-order valence-electron chi connectivity index (χ2n) is 3.39. The largest absolute Gasteiger partial charge is 0.349 e. The van der Waals surface area contributed by atoms with Gasteiger partial charge in [0, 0.05) is 19.6 Å². The van der Waals surface area contributed by atoms with Gasteiger partial charge in [-0.3, -0.25) is 4.79 Å². The van der Waals surface area contributed by atoms with Crippen LogP contribution < -0.4 is 0 Å². The molecule has 0 N–H and O–H groups in total. The zero-order chi connectivity index (χ0) is 14.0. The van der Waals surface area contributed by atoms with Crippen LogP contribution in [0.25, 0.3) is 0 Å². The average molecular weight is 230 g/mol. The molecular formula is C13H24O3. The van der Waals surface area contributed by atoms with E-state index in [1.54, 1.807) is 13.8 Å². The molecule has 94 valence electrons. The molecule has 0 aliphatic heterocycles. The fraction of sp³-hybridized carbons (Fsp3) is 0.769. The highest BCUT2D eigenvalue weighted by molar-refractivity contribution is 5.89. The Kier molecular flexibility index (Phi) is 7.99. The minimum atomic E-state index is -0.900. The van der Waals surface area contributed by atoms with Crippen LogP contribution in [0.1, 0.15) is 49.2 Å². The number of hydrogen-bond acceptors (Lipinski definition) is 3. The molecule has 0 aromatic carbocycles. The fourth-order valence-corrected chi connectivity index (χ4v) is 1.17. The van der Waals surface area contributed by atoms with Gasteiger partial charge >= 0.3 is 0 Å². The summed E-state index contributed by atoms with van der Waals surface area (Å²) in [5, 5.41) is 0. The van der Waals surface area contributed by atoms with Crippen LogP contribution in [0.3, 0.4) is 0 Å². The maximum atomic E-state index is 11.7. The summed E-state index contributed by atoms with van der Waals surface area (Å²) in [5.41, 5.74) is 0. The number of rotatable bonds is 10. The Morgan fingerprint density at radius 1 is 1.25 bits per heavy atom. The lowest BCUT2D eigenvalue weighted by Gasteiger charge is -2.11. The lowest BCUT2D eigenvalue weighted by molar-refractivity contribution is -0.116. The molecule has 3 nitrogen and oxygen atoms in total. The van der Waals surface area contributed by atoms with Crippen molar-refractivity contribution in [2.45, 2.75) is 52.7 Å². The molecule has 0 aromatic rings. The number of carbonyl (C=O) groups is 1. The van der Waals surface area contributed by atoms with Crippen LogP contribution in [0, 0.1) is 0 Å². The number of unbranched alkanes of at least 4 members (excludes halogenated alkanes) is 2. The first-order valence-electron chi connectivity index (χ1n) is 7.02. The van der Waals surface area contributed by atoms with Gasteiger partial charge in [0.25, 0.3) is 0 Å². The van der Waals surface area contributed by atoms with Crippen LogP contribution in [-0.4, -0.2) is 25.3 Å². The van der Waals surface area contributed by atoms with Crippen molar-refractivity contribution in [3.8, 4) is 0 Å². The molecule has 0 aliphatic carbocycles. The van der Waals surface area contributed by atoms with Crippen molar-refractivity contribution in [3.63, 3.8) is 0 Å². The van der Waals surface area contributed by atoms with Gasteiger partial charge in [0.15, 0.2) is 12.1 Å². The van der Waals surface area contributed by atoms with Crippen LogP contribution in [0.5, 0.6) is 0 Å². The van der Waals surface area contributed by atoms with Gasteiger partial charge in [-0.15, -0.1) is 0 Å². The fourth-order valence-electron chi connectivity index (χ4n) is 1.17. The van der Waals surface area contributed by atoms with E-state index in [2.05, 4.69) is 6.92 Å². The van der Waals surface area contributed by atoms with Crippen LogP contribution in [-0.2, 0) is 14.3 Å². The molecule has 0 saturated carbocycles. The van der Waals surface area contributed by atoms with Gasteiger partial charge in [-0.1, -0.05) is 19.8 Å². The standard InChI is InChI=1S/C13H24O3/c1-4-7-8-9-12(14)10-11-13(15-5-2)16-6-3/h10-11,13H,4-9H2,1-3H3/b11-10+/i10D,11D. The first-order chi connectivity index (χ1) is 8.58. The Labute approximate surface area is 102 Å². The quantitative estimate of drug-likeness (QED) is 0.329. The molecule has 0 atom stereocenters. The predicted molar refractivity (Wildman–Crippen MR) is 65.3 cm³/mol. The summed E-state index contributed by atoms with van der Waals surface area (Å²) in [5.74, 6) is -0.308. The molecule has 0 aliphatic rings. The highest BCUT2D eigenvalue weighted by Gasteiger charge is 2.03. The van der Waals surface area contributed by atoms with E-state index in [0.29, 0.717) is 19.6 Å². The topological polar surface area (TPSA) is 35.5 Å². The normalized spacial score (nSPS) is 14.5. The maximum absolute atomic E-state index is 11.7. The van der Waals surface area contributed by atoms with E-state index in [9.17, 15) is 4.79 Å².